The van der Waals surface area contributed by atoms with E-state index in [1.165, 1.54) is 27.3 Å². The molecule has 0 spiro atoms. The van der Waals surface area contributed by atoms with Crippen LogP contribution in [0.25, 0.3) is 11.1 Å². The molecule has 1 aliphatic rings. The normalized spacial score (nSPS) is 12.6. The number of likely N-dealkylation sites (N-methyl/N-ethyl adjacent to an activating group) is 1. The molecule has 1 aromatic heterocycles. The number of aryl methyl sites for hydroxylation is 1. The van der Waals surface area contributed by atoms with Crippen LogP contribution in [0, 0.1) is 0 Å². The average molecular weight is 545 g/mol. The lowest BCUT2D eigenvalue weighted by atomic mass is 9.98. The molecule has 1 heterocycles. The minimum absolute atomic E-state index is 0.0603. The molecule has 0 bridgehead atoms. The van der Waals surface area contributed by atoms with Crippen molar-refractivity contribution in [3.8, 4) is 11.1 Å². The van der Waals surface area contributed by atoms with Crippen LogP contribution in [0.15, 0.2) is 66.9 Å². The first-order valence-corrected chi connectivity index (χ1v) is 13.9. The van der Waals surface area contributed by atoms with Gasteiger partial charge in [-0.1, -0.05) is 54.6 Å². The van der Waals surface area contributed by atoms with Gasteiger partial charge in [-0.05, 0) is 81.1 Å². The van der Waals surface area contributed by atoms with Crippen molar-refractivity contribution in [2.24, 2.45) is 0 Å². The Morgan fingerprint density at radius 1 is 1.00 bits per heavy atom. The molecule has 0 fully saturated rings. The lowest BCUT2D eigenvalue weighted by Gasteiger charge is -2.26. The maximum absolute atomic E-state index is 12.4. The van der Waals surface area contributed by atoms with Gasteiger partial charge in [0.15, 0.2) is 0 Å². The van der Waals surface area contributed by atoms with Gasteiger partial charge < -0.3 is 15.0 Å². The summed E-state index contributed by atoms with van der Waals surface area (Å²) in [6.45, 7) is 8.47. The number of benzene rings is 2. The van der Waals surface area contributed by atoms with E-state index in [0.717, 1.165) is 37.2 Å². The van der Waals surface area contributed by atoms with E-state index >= 15 is 0 Å². The van der Waals surface area contributed by atoms with Crippen molar-refractivity contribution in [1.82, 2.24) is 20.3 Å². The summed E-state index contributed by atoms with van der Waals surface area (Å²) < 4.78 is 5.62. The maximum atomic E-state index is 12.4. The quantitative estimate of drug-likeness (QED) is 0.236. The molecule has 1 aliphatic carbocycles. The van der Waals surface area contributed by atoms with E-state index in [1.807, 2.05) is 70.4 Å². The molecule has 2 aromatic carbocycles. The summed E-state index contributed by atoms with van der Waals surface area (Å²) >= 11 is 0. The van der Waals surface area contributed by atoms with Crippen LogP contribution in [-0.2, 0) is 27.3 Å². The molecule has 0 saturated heterocycles. The molecule has 4 rings (SSSR count). The van der Waals surface area contributed by atoms with Crippen molar-refractivity contribution < 1.29 is 19.2 Å². The van der Waals surface area contributed by atoms with Crippen LogP contribution >= 0.6 is 0 Å². The molecule has 0 aliphatic heterocycles. The minimum atomic E-state index is -0.446. The standard InChI is InChI=1S/C32H40N4O4/c1-32(2,3)40-36(23-37)21-25-16-15-24(20-34-25)10-9-18-35(4)19-17-33-31(38)39-22-30-28-13-7-5-11-26(28)27-12-6-8-14-29(27)30/h5-8,11-16,20,23,30H,9-10,17-19,21-22H2,1-4H3,(H,33,38). The van der Waals surface area contributed by atoms with E-state index in [2.05, 4.69) is 39.5 Å². The summed E-state index contributed by atoms with van der Waals surface area (Å²) in [5.74, 6) is 0.0603. The van der Waals surface area contributed by atoms with E-state index in [9.17, 15) is 9.59 Å². The number of amides is 2. The predicted molar refractivity (Wildman–Crippen MR) is 156 cm³/mol. The summed E-state index contributed by atoms with van der Waals surface area (Å²) in [6, 6.07) is 20.6. The van der Waals surface area contributed by atoms with Gasteiger partial charge in [-0.2, -0.15) is 0 Å². The van der Waals surface area contributed by atoms with Gasteiger partial charge in [0, 0.05) is 25.2 Å². The van der Waals surface area contributed by atoms with Gasteiger partial charge in [-0.15, -0.1) is 0 Å². The van der Waals surface area contributed by atoms with Crippen molar-refractivity contribution in [2.75, 3.05) is 33.3 Å². The zero-order chi connectivity index (χ0) is 28.5. The molecule has 212 valence electrons. The number of pyridine rings is 1. The number of rotatable bonds is 13. The lowest BCUT2D eigenvalue weighted by molar-refractivity contribution is -0.220. The number of hydrogen-bond acceptors (Lipinski definition) is 6. The van der Waals surface area contributed by atoms with Gasteiger partial charge in [0.1, 0.15) is 6.61 Å². The van der Waals surface area contributed by atoms with Gasteiger partial charge in [0.05, 0.1) is 17.8 Å². The highest BCUT2D eigenvalue weighted by molar-refractivity contribution is 5.79. The van der Waals surface area contributed by atoms with E-state index in [-0.39, 0.29) is 12.0 Å². The van der Waals surface area contributed by atoms with Crippen LogP contribution in [0.2, 0.25) is 0 Å². The van der Waals surface area contributed by atoms with E-state index in [4.69, 9.17) is 9.57 Å². The number of carbonyl (C=O) groups is 2. The van der Waals surface area contributed by atoms with Gasteiger partial charge in [-0.3, -0.25) is 14.6 Å². The smallest absolute Gasteiger partial charge is 0.407 e. The van der Waals surface area contributed by atoms with Gasteiger partial charge >= 0.3 is 6.09 Å². The predicted octanol–water partition coefficient (Wildman–Crippen LogP) is 5.17. The average Bonchev–Trinajstić information content (AvgIpc) is 3.25. The Bertz CT molecular complexity index is 1230. The number of fused-ring (bicyclic) bond motifs is 3. The number of ether oxygens (including phenoxy) is 1. The molecule has 1 N–H and O–H groups in total. The number of hydrogen-bond donors (Lipinski definition) is 1. The van der Waals surface area contributed by atoms with Gasteiger partial charge in [0.25, 0.3) is 0 Å². The number of aromatic nitrogens is 1. The Labute approximate surface area is 237 Å². The summed E-state index contributed by atoms with van der Waals surface area (Å²) in [5, 5.41) is 4.15. The summed E-state index contributed by atoms with van der Waals surface area (Å²) in [7, 11) is 2.05. The third-order valence-electron chi connectivity index (χ3n) is 6.82. The van der Waals surface area contributed by atoms with E-state index in [1.54, 1.807) is 0 Å². The van der Waals surface area contributed by atoms with Crippen LogP contribution < -0.4 is 5.32 Å². The van der Waals surface area contributed by atoms with Crippen molar-refractivity contribution in [3.05, 3.63) is 89.2 Å². The molecule has 0 atom stereocenters. The Hall–Kier alpha value is -3.75. The number of carbonyl (C=O) groups excluding carboxylic acids is 2. The Morgan fingerprint density at radius 3 is 2.27 bits per heavy atom. The Balaban J connectivity index is 1.13. The summed E-state index contributed by atoms with van der Waals surface area (Å²) in [6.07, 6.45) is 4.01. The van der Waals surface area contributed by atoms with Crippen LogP contribution in [0.5, 0.6) is 0 Å². The highest BCUT2D eigenvalue weighted by atomic mass is 16.7. The van der Waals surface area contributed by atoms with Crippen LogP contribution in [-0.4, -0.2) is 66.3 Å². The second-order valence-electron chi connectivity index (χ2n) is 11.2. The van der Waals surface area contributed by atoms with Gasteiger partial charge in [-0.25, -0.2) is 9.86 Å². The van der Waals surface area contributed by atoms with Gasteiger partial charge in [0.2, 0.25) is 6.41 Å². The molecule has 0 unspecified atom stereocenters. The zero-order valence-electron chi connectivity index (χ0n) is 23.9. The van der Waals surface area contributed by atoms with Crippen molar-refractivity contribution in [3.63, 3.8) is 0 Å². The van der Waals surface area contributed by atoms with E-state index in [0.29, 0.717) is 26.1 Å². The molecule has 3 aromatic rings. The molecule has 0 saturated carbocycles. The highest BCUT2D eigenvalue weighted by Crippen LogP contribution is 2.44. The minimum Gasteiger partial charge on any atom is -0.449 e. The largest absolute Gasteiger partial charge is 0.449 e. The number of nitrogens with one attached hydrogen (secondary N) is 1. The fourth-order valence-corrected chi connectivity index (χ4v) is 4.96. The number of hydroxylamine groups is 2. The maximum Gasteiger partial charge on any atom is 0.407 e. The molecule has 40 heavy (non-hydrogen) atoms. The lowest BCUT2D eigenvalue weighted by Crippen LogP contribution is -2.34. The van der Waals surface area contributed by atoms with Crippen molar-refractivity contribution in [1.29, 1.82) is 0 Å². The molecule has 8 nitrogen and oxygen atoms in total. The van der Waals surface area contributed by atoms with Crippen LogP contribution in [0.3, 0.4) is 0 Å². The monoisotopic (exact) mass is 544 g/mol. The summed E-state index contributed by atoms with van der Waals surface area (Å²) in [5.41, 5.74) is 6.32. The number of nitrogens with zero attached hydrogens (tertiary/aromatic N) is 3. The highest BCUT2D eigenvalue weighted by Gasteiger charge is 2.29. The Morgan fingerprint density at radius 2 is 1.68 bits per heavy atom. The third-order valence-corrected chi connectivity index (χ3v) is 6.82. The first-order valence-electron chi connectivity index (χ1n) is 13.9. The SMILES string of the molecule is CN(CCCc1ccc(CN(C=O)OC(C)(C)C)nc1)CCNC(=O)OCC1c2ccccc2-c2ccccc21. The second kappa shape index (κ2) is 13.5. The third kappa shape index (κ3) is 8.13. The van der Waals surface area contributed by atoms with Crippen LogP contribution in [0.4, 0.5) is 4.79 Å². The fraction of sp³-hybridized carbons (Fsp3) is 0.406. The van der Waals surface area contributed by atoms with E-state index < -0.39 is 5.60 Å². The topological polar surface area (TPSA) is 84.0 Å². The second-order valence-corrected chi connectivity index (χ2v) is 11.2. The first kappa shape index (κ1) is 29.2. The van der Waals surface area contributed by atoms with Crippen molar-refractivity contribution >= 4 is 12.5 Å². The number of alkyl carbamates (subject to hydrolysis) is 1. The van der Waals surface area contributed by atoms with Crippen LogP contribution in [0.1, 0.15) is 55.5 Å². The molecule has 8 heteroatoms. The first-order chi connectivity index (χ1) is 19.2. The molecule has 0 radical (unpaired) electrons. The zero-order valence-corrected chi connectivity index (χ0v) is 23.9. The molecule has 2 amide bonds. The van der Waals surface area contributed by atoms with Crippen molar-refractivity contribution in [2.45, 2.75) is 51.7 Å². The fourth-order valence-electron chi connectivity index (χ4n) is 4.96. The molecular formula is C32H40N4O4. The summed E-state index contributed by atoms with van der Waals surface area (Å²) in [4.78, 5) is 36.0. The molecular weight excluding hydrogens is 504 g/mol. The Kier molecular flexibility index (Phi) is 9.90.